The van der Waals surface area contributed by atoms with E-state index in [4.69, 9.17) is 5.11 Å². The molecule has 1 heterocycles. The van der Waals surface area contributed by atoms with E-state index in [1.807, 2.05) is 13.8 Å². The van der Waals surface area contributed by atoms with Crippen LogP contribution < -0.4 is 5.32 Å². The van der Waals surface area contributed by atoms with Crippen LogP contribution in [-0.2, 0) is 9.59 Å². The summed E-state index contributed by atoms with van der Waals surface area (Å²) in [4.78, 5) is 24.6. The second-order valence-electron chi connectivity index (χ2n) is 4.84. The summed E-state index contributed by atoms with van der Waals surface area (Å²) in [5, 5.41) is 11.9. The van der Waals surface area contributed by atoms with Gasteiger partial charge in [-0.05, 0) is 32.9 Å². The average Bonchev–Trinajstić information content (AvgIpc) is 2.30. The van der Waals surface area contributed by atoms with Gasteiger partial charge in [0.2, 0.25) is 5.91 Å². The van der Waals surface area contributed by atoms with Crippen LogP contribution in [0.3, 0.4) is 0 Å². The number of carbonyl (C=O) groups is 2. The molecule has 0 aromatic rings. The minimum atomic E-state index is -0.855. The minimum Gasteiger partial charge on any atom is -0.481 e. The molecule has 0 unspecified atom stereocenters. The van der Waals surface area contributed by atoms with Crippen LogP contribution in [0.5, 0.6) is 0 Å². The van der Waals surface area contributed by atoms with Gasteiger partial charge in [0.05, 0.1) is 6.42 Å². The van der Waals surface area contributed by atoms with E-state index in [0.717, 1.165) is 25.9 Å². The molecule has 0 aromatic carbocycles. The van der Waals surface area contributed by atoms with Crippen molar-refractivity contribution in [2.75, 3.05) is 26.2 Å². The standard InChI is InChI=1S/C12H22N2O3/c1-3-14(9-4-10(15)16)11(17)12(2)5-7-13-8-6-12/h13H,3-9H2,1-2H3,(H,15,16). The number of carboxylic acid groups (broad SMARTS) is 1. The smallest absolute Gasteiger partial charge is 0.305 e. The molecule has 98 valence electrons. The lowest BCUT2D eigenvalue weighted by Gasteiger charge is -2.37. The summed E-state index contributed by atoms with van der Waals surface area (Å²) < 4.78 is 0. The van der Waals surface area contributed by atoms with E-state index in [9.17, 15) is 9.59 Å². The number of carboxylic acids is 1. The maximum absolute atomic E-state index is 12.4. The van der Waals surface area contributed by atoms with Gasteiger partial charge in [0, 0.05) is 18.5 Å². The number of aliphatic carboxylic acids is 1. The van der Waals surface area contributed by atoms with Crippen LogP contribution >= 0.6 is 0 Å². The largest absolute Gasteiger partial charge is 0.481 e. The van der Waals surface area contributed by atoms with Gasteiger partial charge in [0.25, 0.3) is 0 Å². The summed E-state index contributed by atoms with van der Waals surface area (Å²) in [6.07, 6.45) is 1.68. The Bertz CT molecular complexity index is 285. The van der Waals surface area contributed by atoms with Crippen molar-refractivity contribution in [2.45, 2.75) is 33.1 Å². The molecule has 0 bridgehead atoms. The summed E-state index contributed by atoms with van der Waals surface area (Å²) in [6.45, 7) is 6.49. The van der Waals surface area contributed by atoms with E-state index < -0.39 is 5.97 Å². The second-order valence-corrected chi connectivity index (χ2v) is 4.84. The maximum atomic E-state index is 12.4. The highest BCUT2D eigenvalue weighted by Crippen LogP contribution is 2.30. The molecule has 2 N–H and O–H groups in total. The molecule has 5 heteroatoms. The van der Waals surface area contributed by atoms with Crippen LogP contribution in [0.15, 0.2) is 0 Å². The quantitative estimate of drug-likeness (QED) is 0.744. The molecule has 17 heavy (non-hydrogen) atoms. The Balaban J connectivity index is 2.60. The number of nitrogens with zero attached hydrogens (tertiary/aromatic N) is 1. The topological polar surface area (TPSA) is 69.6 Å². The van der Waals surface area contributed by atoms with Gasteiger partial charge < -0.3 is 15.3 Å². The van der Waals surface area contributed by atoms with E-state index in [2.05, 4.69) is 5.32 Å². The van der Waals surface area contributed by atoms with Gasteiger partial charge >= 0.3 is 5.97 Å². The first-order valence-corrected chi connectivity index (χ1v) is 6.21. The predicted molar refractivity (Wildman–Crippen MR) is 64.7 cm³/mol. The molecule has 1 aliphatic rings. The van der Waals surface area contributed by atoms with Crippen molar-refractivity contribution in [1.82, 2.24) is 10.2 Å². The molecule has 1 fully saturated rings. The summed E-state index contributed by atoms with van der Waals surface area (Å²) in [7, 11) is 0. The van der Waals surface area contributed by atoms with Crippen molar-refractivity contribution in [2.24, 2.45) is 5.41 Å². The second kappa shape index (κ2) is 6.00. The Morgan fingerprint density at radius 2 is 1.94 bits per heavy atom. The fraction of sp³-hybridized carbons (Fsp3) is 0.833. The highest BCUT2D eigenvalue weighted by Gasteiger charge is 2.37. The minimum absolute atomic E-state index is 0.0217. The molecular formula is C12H22N2O3. The molecule has 0 atom stereocenters. The number of hydrogen-bond donors (Lipinski definition) is 2. The Kier molecular flexibility index (Phi) is 4.93. The van der Waals surface area contributed by atoms with E-state index in [1.54, 1.807) is 4.90 Å². The van der Waals surface area contributed by atoms with Crippen molar-refractivity contribution < 1.29 is 14.7 Å². The van der Waals surface area contributed by atoms with Crippen molar-refractivity contribution in [3.05, 3.63) is 0 Å². The zero-order valence-electron chi connectivity index (χ0n) is 10.7. The third-order valence-corrected chi connectivity index (χ3v) is 3.49. The monoisotopic (exact) mass is 242 g/mol. The predicted octanol–water partition coefficient (Wildman–Crippen LogP) is 0.699. The van der Waals surface area contributed by atoms with Crippen molar-refractivity contribution in [3.8, 4) is 0 Å². The van der Waals surface area contributed by atoms with Gasteiger partial charge in [-0.1, -0.05) is 6.92 Å². The number of rotatable bonds is 5. The van der Waals surface area contributed by atoms with E-state index in [0.29, 0.717) is 13.1 Å². The van der Waals surface area contributed by atoms with Gasteiger partial charge in [-0.3, -0.25) is 9.59 Å². The van der Waals surface area contributed by atoms with Crippen LogP contribution in [0, 0.1) is 5.41 Å². The molecule has 0 radical (unpaired) electrons. The molecule has 1 aliphatic heterocycles. The fourth-order valence-corrected chi connectivity index (χ4v) is 2.21. The molecule has 0 aliphatic carbocycles. The number of carbonyl (C=O) groups excluding carboxylic acids is 1. The van der Waals surface area contributed by atoms with E-state index >= 15 is 0 Å². The molecule has 1 rings (SSSR count). The van der Waals surface area contributed by atoms with Gasteiger partial charge in [0.15, 0.2) is 0 Å². The van der Waals surface area contributed by atoms with Crippen LogP contribution in [0.1, 0.15) is 33.1 Å². The molecule has 1 saturated heterocycles. The molecule has 5 nitrogen and oxygen atoms in total. The maximum Gasteiger partial charge on any atom is 0.305 e. The van der Waals surface area contributed by atoms with E-state index in [-0.39, 0.29) is 17.7 Å². The van der Waals surface area contributed by atoms with Gasteiger partial charge in [-0.25, -0.2) is 0 Å². The number of amides is 1. The van der Waals surface area contributed by atoms with E-state index in [1.165, 1.54) is 0 Å². The highest BCUT2D eigenvalue weighted by atomic mass is 16.4. The molecular weight excluding hydrogens is 220 g/mol. The third kappa shape index (κ3) is 3.70. The first-order valence-electron chi connectivity index (χ1n) is 6.21. The first kappa shape index (κ1) is 14.0. The lowest BCUT2D eigenvalue weighted by atomic mass is 9.79. The number of nitrogens with one attached hydrogen (secondary N) is 1. The Hall–Kier alpha value is -1.10. The Labute approximate surface area is 102 Å². The summed E-state index contributed by atoms with van der Waals surface area (Å²) >= 11 is 0. The first-order chi connectivity index (χ1) is 7.99. The van der Waals surface area contributed by atoms with Crippen molar-refractivity contribution >= 4 is 11.9 Å². The van der Waals surface area contributed by atoms with Crippen molar-refractivity contribution in [1.29, 1.82) is 0 Å². The fourth-order valence-electron chi connectivity index (χ4n) is 2.21. The zero-order chi connectivity index (χ0) is 12.9. The highest BCUT2D eigenvalue weighted by molar-refractivity contribution is 5.83. The normalized spacial score (nSPS) is 18.7. The summed E-state index contributed by atoms with van der Waals surface area (Å²) in [6, 6.07) is 0. The Morgan fingerprint density at radius 1 is 1.35 bits per heavy atom. The van der Waals surface area contributed by atoms with Crippen LogP contribution in [0.2, 0.25) is 0 Å². The number of hydrogen-bond acceptors (Lipinski definition) is 3. The molecule has 0 aromatic heterocycles. The van der Waals surface area contributed by atoms with Gasteiger partial charge in [-0.2, -0.15) is 0 Å². The number of piperidine rings is 1. The molecule has 1 amide bonds. The summed E-state index contributed by atoms with van der Waals surface area (Å²) in [5.74, 6) is -0.755. The van der Waals surface area contributed by atoms with Crippen LogP contribution in [0.4, 0.5) is 0 Å². The van der Waals surface area contributed by atoms with Crippen LogP contribution in [-0.4, -0.2) is 48.1 Å². The van der Waals surface area contributed by atoms with Crippen LogP contribution in [0.25, 0.3) is 0 Å². The lowest BCUT2D eigenvalue weighted by molar-refractivity contribution is -0.144. The van der Waals surface area contributed by atoms with Gasteiger partial charge in [0.1, 0.15) is 0 Å². The average molecular weight is 242 g/mol. The zero-order valence-corrected chi connectivity index (χ0v) is 10.7. The lowest BCUT2D eigenvalue weighted by Crippen LogP contribution is -2.48. The molecule has 0 spiro atoms. The molecule has 0 saturated carbocycles. The Morgan fingerprint density at radius 3 is 2.41 bits per heavy atom. The third-order valence-electron chi connectivity index (χ3n) is 3.49. The van der Waals surface area contributed by atoms with Gasteiger partial charge in [-0.15, -0.1) is 0 Å². The van der Waals surface area contributed by atoms with Crippen molar-refractivity contribution in [3.63, 3.8) is 0 Å². The summed E-state index contributed by atoms with van der Waals surface area (Å²) in [5.41, 5.74) is -0.320. The SMILES string of the molecule is CCN(CCC(=O)O)C(=O)C1(C)CCNCC1.